The summed E-state index contributed by atoms with van der Waals surface area (Å²) < 4.78 is 5.13. The molecule has 0 atom stereocenters. The number of anilines is 1. The van der Waals surface area contributed by atoms with Crippen molar-refractivity contribution in [3.63, 3.8) is 0 Å². The number of imide groups is 1. The van der Waals surface area contributed by atoms with Crippen LogP contribution in [0.4, 0.5) is 11.4 Å². The maximum atomic E-state index is 13.3. The molecule has 10 nitrogen and oxygen atoms in total. The maximum absolute atomic E-state index is 13.3. The number of nitrogens with zero attached hydrogens (tertiary/aromatic N) is 2. The van der Waals surface area contributed by atoms with Crippen LogP contribution in [0.5, 0.6) is 0 Å². The summed E-state index contributed by atoms with van der Waals surface area (Å²) in [5, 5.41) is 11.1. The Morgan fingerprint density at radius 3 is 2.10 bits per heavy atom. The second kappa shape index (κ2) is 10.5. The first kappa shape index (κ1) is 25.9. The highest BCUT2D eigenvalue weighted by Crippen LogP contribution is 2.30. The van der Waals surface area contributed by atoms with Gasteiger partial charge in [-0.1, -0.05) is 54.6 Å². The molecule has 0 N–H and O–H groups in total. The molecule has 2 amide bonds. The van der Waals surface area contributed by atoms with Gasteiger partial charge in [0.15, 0.2) is 18.2 Å². The van der Waals surface area contributed by atoms with Gasteiger partial charge in [0.2, 0.25) is 0 Å². The molecule has 0 aliphatic carbocycles. The Hall–Kier alpha value is -5.77. The molecule has 1 aliphatic heterocycles. The highest BCUT2D eigenvalue weighted by Gasteiger charge is 2.37. The molecule has 0 bridgehead atoms. The summed E-state index contributed by atoms with van der Waals surface area (Å²) in [6, 6.07) is 23.1. The van der Waals surface area contributed by atoms with E-state index in [9.17, 15) is 34.1 Å². The molecule has 4 aromatic carbocycles. The summed E-state index contributed by atoms with van der Waals surface area (Å²) in [6.07, 6.45) is 0. The number of rotatable bonds is 8. The first-order chi connectivity index (χ1) is 19.2. The molecule has 0 spiro atoms. The van der Waals surface area contributed by atoms with Crippen molar-refractivity contribution in [3.05, 3.63) is 141 Å². The van der Waals surface area contributed by atoms with Crippen molar-refractivity contribution in [2.75, 3.05) is 11.5 Å². The Labute approximate surface area is 226 Å². The second-order valence-electron chi connectivity index (χ2n) is 8.76. The molecule has 0 saturated heterocycles. The van der Waals surface area contributed by atoms with Gasteiger partial charge in [-0.2, -0.15) is 0 Å². The first-order valence-corrected chi connectivity index (χ1v) is 11.9. The van der Waals surface area contributed by atoms with Crippen molar-refractivity contribution >= 4 is 40.7 Å². The van der Waals surface area contributed by atoms with Crippen LogP contribution < -0.4 is 4.90 Å². The largest absolute Gasteiger partial charge is 0.454 e. The Morgan fingerprint density at radius 2 is 1.35 bits per heavy atom. The summed E-state index contributed by atoms with van der Waals surface area (Å²) in [6.45, 7) is -0.485. The number of amides is 2. The van der Waals surface area contributed by atoms with Crippen molar-refractivity contribution < 1.29 is 33.6 Å². The van der Waals surface area contributed by atoms with E-state index in [1.54, 1.807) is 30.3 Å². The molecule has 0 fully saturated rings. The van der Waals surface area contributed by atoms with Gasteiger partial charge in [-0.15, -0.1) is 0 Å². The van der Waals surface area contributed by atoms with Gasteiger partial charge in [0.25, 0.3) is 17.5 Å². The summed E-state index contributed by atoms with van der Waals surface area (Å²) in [5.41, 5.74) is 0.413. The minimum absolute atomic E-state index is 0.0245. The lowest BCUT2D eigenvalue weighted by atomic mass is 9.99. The third-order valence-corrected chi connectivity index (χ3v) is 6.24. The van der Waals surface area contributed by atoms with E-state index in [1.165, 1.54) is 60.7 Å². The fraction of sp³-hybridized carbons (Fsp3) is 0.0333. The van der Waals surface area contributed by atoms with Gasteiger partial charge in [0.1, 0.15) is 0 Å². The molecule has 0 saturated carbocycles. The molecule has 40 heavy (non-hydrogen) atoms. The fourth-order valence-corrected chi connectivity index (χ4v) is 4.24. The van der Waals surface area contributed by atoms with Crippen LogP contribution in [0, 0.1) is 10.1 Å². The Balaban J connectivity index is 1.35. The number of benzene rings is 4. The van der Waals surface area contributed by atoms with Crippen molar-refractivity contribution in [1.82, 2.24) is 0 Å². The number of carbonyl (C=O) groups is 5. The summed E-state index contributed by atoms with van der Waals surface area (Å²) in [7, 11) is 0. The Kier molecular flexibility index (Phi) is 6.81. The summed E-state index contributed by atoms with van der Waals surface area (Å²) in [4.78, 5) is 75.5. The topological polar surface area (TPSA) is 141 Å². The number of nitro benzene ring substituents is 1. The number of esters is 1. The van der Waals surface area contributed by atoms with Crippen LogP contribution in [0.15, 0.2) is 97.1 Å². The molecule has 0 radical (unpaired) electrons. The number of non-ortho nitro benzene ring substituents is 1. The Bertz CT molecular complexity index is 1730. The van der Waals surface area contributed by atoms with E-state index in [4.69, 9.17) is 4.74 Å². The molecule has 10 heteroatoms. The van der Waals surface area contributed by atoms with Crippen molar-refractivity contribution in [1.29, 1.82) is 0 Å². The van der Waals surface area contributed by atoms with Crippen LogP contribution in [-0.4, -0.2) is 40.9 Å². The standard InChI is InChI=1S/C30H18N2O8/c33-26(18-6-2-1-3-7-18)17-40-30(37)21-9-5-10-22(15-21)31-28(35)24-13-12-20(16-25(24)29(31)36)27(34)19-8-4-11-23(14-19)32(38)39/h1-16H,17H2. The number of hydrogen-bond acceptors (Lipinski definition) is 8. The van der Waals surface area contributed by atoms with Gasteiger partial charge in [-0.05, 0) is 30.3 Å². The second-order valence-corrected chi connectivity index (χ2v) is 8.76. The molecule has 5 rings (SSSR count). The minimum Gasteiger partial charge on any atom is -0.454 e. The number of Topliss-reactive ketones (excluding diaryl/α,β-unsaturated/α-hetero) is 1. The van der Waals surface area contributed by atoms with Crippen molar-refractivity contribution in [2.24, 2.45) is 0 Å². The molecular formula is C30H18N2O8. The monoisotopic (exact) mass is 534 g/mol. The van der Waals surface area contributed by atoms with Gasteiger partial charge in [-0.3, -0.25) is 29.3 Å². The van der Waals surface area contributed by atoms with E-state index >= 15 is 0 Å². The zero-order chi connectivity index (χ0) is 28.4. The predicted octanol–water partition coefficient (Wildman–Crippen LogP) is 4.67. The van der Waals surface area contributed by atoms with Crippen molar-refractivity contribution in [3.8, 4) is 0 Å². The third kappa shape index (κ3) is 4.88. The van der Waals surface area contributed by atoms with E-state index < -0.39 is 35.1 Å². The molecular weight excluding hydrogens is 516 g/mol. The van der Waals surface area contributed by atoms with E-state index in [1.807, 2.05) is 0 Å². The molecule has 0 unspecified atom stereocenters. The molecule has 0 aromatic heterocycles. The van der Waals surface area contributed by atoms with E-state index in [0.29, 0.717) is 5.56 Å². The van der Waals surface area contributed by atoms with Crippen LogP contribution in [0.1, 0.15) is 57.4 Å². The summed E-state index contributed by atoms with van der Waals surface area (Å²) >= 11 is 0. The normalized spacial score (nSPS) is 12.2. The molecule has 196 valence electrons. The van der Waals surface area contributed by atoms with Gasteiger partial charge in [-0.25, -0.2) is 9.69 Å². The van der Waals surface area contributed by atoms with Gasteiger partial charge >= 0.3 is 5.97 Å². The summed E-state index contributed by atoms with van der Waals surface area (Å²) in [5.74, 6) is -3.12. The van der Waals surface area contributed by atoms with Gasteiger partial charge < -0.3 is 4.74 Å². The highest BCUT2D eigenvalue weighted by atomic mass is 16.6. The zero-order valence-corrected chi connectivity index (χ0v) is 20.6. The van der Waals surface area contributed by atoms with Crippen molar-refractivity contribution in [2.45, 2.75) is 0 Å². The molecule has 1 aliphatic rings. The van der Waals surface area contributed by atoms with Crippen LogP contribution in [-0.2, 0) is 4.74 Å². The van der Waals surface area contributed by atoms with Crippen LogP contribution in [0.2, 0.25) is 0 Å². The highest BCUT2D eigenvalue weighted by molar-refractivity contribution is 6.35. The third-order valence-electron chi connectivity index (χ3n) is 6.24. The fourth-order valence-electron chi connectivity index (χ4n) is 4.24. The average Bonchev–Trinajstić information content (AvgIpc) is 3.24. The first-order valence-electron chi connectivity index (χ1n) is 11.9. The van der Waals surface area contributed by atoms with E-state index in [2.05, 4.69) is 0 Å². The maximum Gasteiger partial charge on any atom is 0.338 e. The molecule has 1 heterocycles. The number of carbonyl (C=O) groups excluding carboxylic acids is 5. The smallest absolute Gasteiger partial charge is 0.338 e. The number of ketones is 2. The van der Waals surface area contributed by atoms with Gasteiger partial charge in [0.05, 0.1) is 27.3 Å². The van der Waals surface area contributed by atoms with Crippen LogP contribution >= 0.6 is 0 Å². The zero-order valence-electron chi connectivity index (χ0n) is 20.6. The number of hydrogen-bond donors (Lipinski definition) is 0. The van der Waals surface area contributed by atoms with Crippen LogP contribution in [0.25, 0.3) is 0 Å². The number of ether oxygens (including phenoxy) is 1. The van der Waals surface area contributed by atoms with Gasteiger partial charge in [0, 0.05) is 28.8 Å². The average molecular weight is 534 g/mol. The number of fused-ring (bicyclic) bond motifs is 1. The lowest BCUT2D eigenvalue weighted by molar-refractivity contribution is -0.384. The van der Waals surface area contributed by atoms with E-state index in [0.717, 1.165) is 11.0 Å². The Morgan fingerprint density at radius 1 is 0.700 bits per heavy atom. The quantitative estimate of drug-likeness (QED) is 0.104. The predicted molar refractivity (Wildman–Crippen MR) is 142 cm³/mol. The lowest BCUT2D eigenvalue weighted by Crippen LogP contribution is -2.29. The van der Waals surface area contributed by atoms with E-state index in [-0.39, 0.29) is 45.0 Å². The lowest BCUT2D eigenvalue weighted by Gasteiger charge is -2.14. The number of nitro groups is 1. The van der Waals surface area contributed by atoms with Crippen LogP contribution in [0.3, 0.4) is 0 Å². The molecule has 4 aromatic rings. The minimum atomic E-state index is -0.812. The SMILES string of the molecule is O=C(COC(=O)c1cccc(N2C(=O)c3ccc(C(=O)c4cccc([N+](=O)[O-])c4)cc3C2=O)c1)c1ccccc1.